The molecule has 4 heterocycles. The van der Waals surface area contributed by atoms with Crippen LogP contribution < -0.4 is 21.7 Å². The molecule has 0 bridgehead atoms. The molecular formula is C18H14Cl2N8O2. The van der Waals surface area contributed by atoms with Gasteiger partial charge in [0.15, 0.2) is 11.1 Å². The van der Waals surface area contributed by atoms with Crippen molar-refractivity contribution in [2.75, 3.05) is 5.32 Å². The van der Waals surface area contributed by atoms with Gasteiger partial charge in [-0.15, -0.1) is 0 Å². The number of hydrogen-bond donors (Lipinski definition) is 4. The van der Waals surface area contributed by atoms with Gasteiger partial charge in [0.1, 0.15) is 17.3 Å². The van der Waals surface area contributed by atoms with Crippen LogP contribution in [0, 0.1) is 0 Å². The maximum absolute atomic E-state index is 11.4. The molecule has 4 aromatic heterocycles. The van der Waals surface area contributed by atoms with Gasteiger partial charge in [0, 0.05) is 17.5 Å². The van der Waals surface area contributed by atoms with Crippen LogP contribution in [-0.4, -0.2) is 40.7 Å². The predicted octanol–water partition coefficient (Wildman–Crippen LogP) is 1.51. The molecule has 1 aliphatic rings. The summed E-state index contributed by atoms with van der Waals surface area (Å²) >= 11 is 12.1. The molecule has 4 aromatic rings. The van der Waals surface area contributed by atoms with Gasteiger partial charge in [-0.25, -0.2) is 14.8 Å². The Labute approximate surface area is 177 Å². The Balaban J connectivity index is 1.68. The molecule has 0 aromatic carbocycles. The summed E-state index contributed by atoms with van der Waals surface area (Å²) in [6.07, 6.45) is 6.68. The Kier molecular flexibility index (Phi) is 4.44. The second-order valence-corrected chi connectivity index (χ2v) is 7.63. The van der Waals surface area contributed by atoms with Gasteiger partial charge in [0.05, 0.1) is 22.3 Å². The number of nitrogens with one attached hydrogen (secondary N) is 3. The molecule has 12 heteroatoms. The van der Waals surface area contributed by atoms with E-state index in [1.54, 1.807) is 28.9 Å². The van der Waals surface area contributed by atoms with E-state index < -0.39 is 5.69 Å². The van der Waals surface area contributed by atoms with Crippen LogP contribution in [0.1, 0.15) is 18.5 Å². The van der Waals surface area contributed by atoms with Crippen molar-refractivity contribution in [3.05, 3.63) is 61.5 Å². The first-order chi connectivity index (χ1) is 14.5. The summed E-state index contributed by atoms with van der Waals surface area (Å²) in [5.74, 6) is 0.585. The second kappa shape index (κ2) is 7.15. The maximum Gasteiger partial charge on any atom is 0.326 e. The first kappa shape index (κ1) is 18.6. The molecule has 0 radical (unpaired) electrons. The van der Waals surface area contributed by atoms with Gasteiger partial charge in [0.2, 0.25) is 5.88 Å². The summed E-state index contributed by atoms with van der Waals surface area (Å²) in [6, 6.07) is 3.59. The Morgan fingerprint density at radius 3 is 2.80 bits per heavy atom. The lowest BCUT2D eigenvalue weighted by atomic mass is 10.3. The summed E-state index contributed by atoms with van der Waals surface area (Å²) in [4.78, 5) is 29.7. The van der Waals surface area contributed by atoms with Gasteiger partial charge in [-0.3, -0.25) is 9.98 Å². The number of anilines is 2. The normalized spacial score (nSPS) is 15.3. The number of H-pyrrole nitrogens is 2. The van der Waals surface area contributed by atoms with Crippen molar-refractivity contribution < 1.29 is 5.11 Å². The van der Waals surface area contributed by atoms with Crippen molar-refractivity contribution in [3.8, 4) is 5.88 Å². The maximum atomic E-state index is 11.4. The van der Waals surface area contributed by atoms with Crippen LogP contribution in [0.15, 0.2) is 34.3 Å². The monoisotopic (exact) mass is 444 g/mol. The summed E-state index contributed by atoms with van der Waals surface area (Å²) in [6.45, 7) is 0. The van der Waals surface area contributed by atoms with Gasteiger partial charge in [-0.2, -0.15) is 9.61 Å². The van der Waals surface area contributed by atoms with Gasteiger partial charge in [-0.1, -0.05) is 23.2 Å². The van der Waals surface area contributed by atoms with Crippen molar-refractivity contribution in [3.63, 3.8) is 0 Å². The quantitative estimate of drug-likeness (QED) is 0.376. The Bertz CT molecular complexity index is 1450. The molecule has 0 aliphatic heterocycles. The predicted molar refractivity (Wildman–Crippen MR) is 111 cm³/mol. The van der Waals surface area contributed by atoms with Gasteiger partial charge in [-0.05, 0) is 25.0 Å². The minimum atomic E-state index is -0.515. The fraction of sp³-hybridized carbons (Fsp3) is 0.167. The van der Waals surface area contributed by atoms with Crippen molar-refractivity contribution in [2.45, 2.75) is 18.9 Å². The van der Waals surface area contributed by atoms with Crippen molar-refractivity contribution in [2.24, 2.45) is 4.99 Å². The zero-order valence-corrected chi connectivity index (χ0v) is 16.7. The van der Waals surface area contributed by atoms with Crippen LogP contribution in [0.3, 0.4) is 0 Å². The van der Waals surface area contributed by atoms with E-state index in [0.717, 1.165) is 12.8 Å². The van der Waals surface area contributed by atoms with Crippen LogP contribution in [-0.2, 0) is 0 Å². The molecule has 30 heavy (non-hydrogen) atoms. The summed E-state index contributed by atoms with van der Waals surface area (Å²) in [5.41, 5.74) is 0.795. The highest BCUT2D eigenvalue weighted by Crippen LogP contribution is 2.25. The third-order valence-electron chi connectivity index (χ3n) is 4.43. The highest BCUT2D eigenvalue weighted by molar-refractivity contribution is 6.36. The number of fused-ring (bicyclic) bond motifs is 1. The fourth-order valence-corrected chi connectivity index (χ4v) is 3.32. The number of halogens is 2. The van der Waals surface area contributed by atoms with Gasteiger partial charge >= 0.3 is 5.69 Å². The highest BCUT2D eigenvalue weighted by atomic mass is 35.5. The van der Waals surface area contributed by atoms with E-state index in [9.17, 15) is 9.90 Å². The zero-order valence-electron chi connectivity index (χ0n) is 15.2. The molecule has 1 fully saturated rings. The molecule has 0 atom stereocenters. The largest absolute Gasteiger partial charge is 0.493 e. The lowest BCUT2D eigenvalue weighted by Gasteiger charge is -2.07. The smallest absolute Gasteiger partial charge is 0.326 e. The fourth-order valence-electron chi connectivity index (χ4n) is 2.89. The van der Waals surface area contributed by atoms with Crippen molar-refractivity contribution in [1.82, 2.24) is 29.5 Å². The van der Waals surface area contributed by atoms with Gasteiger partial charge in [0.25, 0.3) is 0 Å². The lowest BCUT2D eigenvalue weighted by molar-refractivity contribution is 0.454. The summed E-state index contributed by atoms with van der Waals surface area (Å²) in [7, 11) is 0. The third-order valence-corrected chi connectivity index (χ3v) is 4.93. The Morgan fingerprint density at radius 1 is 1.27 bits per heavy atom. The molecular weight excluding hydrogens is 431 g/mol. The van der Waals surface area contributed by atoms with E-state index in [4.69, 9.17) is 28.2 Å². The molecule has 1 aliphatic carbocycles. The Morgan fingerprint density at radius 2 is 2.10 bits per heavy atom. The number of imidazole rings is 1. The number of aromatic nitrogens is 6. The number of nitrogens with zero attached hydrogens (tertiary/aromatic N) is 5. The molecule has 0 saturated heterocycles. The van der Waals surface area contributed by atoms with Crippen molar-refractivity contribution in [1.29, 1.82) is 0 Å². The number of pyridine rings is 1. The first-order valence-corrected chi connectivity index (χ1v) is 9.75. The SMILES string of the molecule is O=c1[nH]c(O)c(/C=c2\cnn3c(=NC4CC4)cc(Nc4ncc(Cl)cc4Cl)nc23)[nH]1. The molecule has 0 amide bonds. The van der Waals surface area contributed by atoms with E-state index in [1.165, 1.54) is 6.20 Å². The minimum Gasteiger partial charge on any atom is -0.493 e. The van der Waals surface area contributed by atoms with Crippen LogP contribution in [0.2, 0.25) is 10.0 Å². The molecule has 5 rings (SSSR count). The van der Waals surface area contributed by atoms with Crippen LogP contribution >= 0.6 is 23.2 Å². The first-order valence-electron chi connectivity index (χ1n) is 9.00. The topological polar surface area (TPSA) is 136 Å². The summed E-state index contributed by atoms with van der Waals surface area (Å²) < 4.78 is 1.61. The van der Waals surface area contributed by atoms with Crippen LogP contribution in [0.5, 0.6) is 5.88 Å². The molecule has 10 nitrogen and oxygen atoms in total. The van der Waals surface area contributed by atoms with Crippen molar-refractivity contribution >= 4 is 46.6 Å². The molecule has 1 saturated carbocycles. The molecule has 0 spiro atoms. The molecule has 0 unspecified atom stereocenters. The standard InChI is InChI=1S/C18H14Cl2N8O2/c19-9-4-11(20)15(21-7-9)25-13-5-14(23-10-1-2-10)28-16(26-13)8(6-22-28)3-12-17(29)27-18(30)24-12/h3-7,10,29H,1-2H2,(H,21,25)(H2,24,27,30)/b8-3+,23-14?. The van der Waals surface area contributed by atoms with E-state index in [-0.39, 0.29) is 17.6 Å². The van der Waals surface area contributed by atoms with Gasteiger partial charge < -0.3 is 15.4 Å². The molecule has 4 N–H and O–H groups in total. The number of aromatic amines is 2. The highest BCUT2D eigenvalue weighted by Gasteiger charge is 2.20. The Hall–Kier alpha value is -3.37. The molecule has 152 valence electrons. The second-order valence-electron chi connectivity index (χ2n) is 6.79. The van der Waals surface area contributed by atoms with E-state index in [0.29, 0.717) is 38.0 Å². The van der Waals surface area contributed by atoms with E-state index in [2.05, 4.69) is 30.4 Å². The zero-order chi connectivity index (χ0) is 20.8. The van der Waals surface area contributed by atoms with E-state index >= 15 is 0 Å². The number of rotatable bonds is 4. The third kappa shape index (κ3) is 3.62. The number of aromatic hydroxyl groups is 1. The average molecular weight is 445 g/mol. The minimum absolute atomic E-state index is 0.221. The van der Waals surface area contributed by atoms with E-state index in [1.807, 2.05) is 0 Å². The number of hydrogen-bond acceptors (Lipinski definition) is 7. The summed E-state index contributed by atoms with van der Waals surface area (Å²) in [5, 5.41) is 18.7. The van der Waals surface area contributed by atoms with Crippen LogP contribution in [0.25, 0.3) is 11.7 Å². The lowest BCUT2D eigenvalue weighted by Crippen LogP contribution is -2.20. The van der Waals surface area contributed by atoms with Crippen LogP contribution in [0.4, 0.5) is 11.6 Å². The average Bonchev–Trinajstić information content (AvgIpc) is 3.33.